The van der Waals surface area contributed by atoms with Gasteiger partial charge < -0.3 is 19.6 Å². The van der Waals surface area contributed by atoms with Crippen LogP contribution in [0, 0.1) is 17.8 Å². The Morgan fingerprint density at radius 1 is 0.941 bits per heavy atom. The molecule has 0 aromatic carbocycles. The molecule has 2 unspecified atom stereocenters. The van der Waals surface area contributed by atoms with Gasteiger partial charge in [0.05, 0.1) is 6.61 Å². The fraction of sp³-hybridized carbons (Fsp3) is 0.786. The number of nitrogens with two attached hydrogens (primary N) is 1. The molecule has 1 rings (SSSR count). The van der Waals surface area contributed by atoms with Crippen LogP contribution in [-0.2, 0) is 9.53 Å². The van der Waals surface area contributed by atoms with Gasteiger partial charge in [-0.3, -0.25) is 9.59 Å². The first-order valence-electron chi connectivity index (χ1n) is 13.3. The highest BCUT2D eigenvalue weighted by molar-refractivity contribution is 6.04. The molecule has 2 atom stereocenters. The van der Waals surface area contributed by atoms with Gasteiger partial charge in [-0.1, -0.05) is 80.1 Å². The number of carbonyl (C=O) groups is 2. The molecule has 0 amide bonds. The molecule has 0 fully saturated rings. The van der Waals surface area contributed by atoms with E-state index in [-0.39, 0.29) is 18.7 Å². The molecule has 6 heteroatoms. The number of ketones is 1. The molecule has 34 heavy (non-hydrogen) atoms. The summed E-state index contributed by atoms with van der Waals surface area (Å²) in [6, 6.07) is 3.18. The maximum absolute atomic E-state index is 12.4. The number of ether oxygens (including phenoxy) is 2. The summed E-state index contributed by atoms with van der Waals surface area (Å²) in [5.74, 6) is 1.59. The molecule has 2 N–H and O–H groups in total. The third kappa shape index (κ3) is 11.5. The van der Waals surface area contributed by atoms with Crippen LogP contribution in [0.25, 0.3) is 0 Å². The Balaban J connectivity index is 2.30. The van der Waals surface area contributed by atoms with E-state index in [1.54, 1.807) is 12.1 Å². The number of furan rings is 1. The molecule has 0 spiro atoms. The Morgan fingerprint density at radius 3 is 2.09 bits per heavy atom. The monoisotopic (exact) mass is 479 g/mol. The zero-order valence-corrected chi connectivity index (χ0v) is 22.5. The number of hydrogen-bond acceptors (Lipinski definition) is 6. The molecular weight excluding hydrogens is 430 g/mol. The van der Waals surface area contributed by atoms with Crippen LogP contribution in [0.4, 0.5) is 0 Å². The Hall–Kier alpha value is -1.82. The quantitative estimate of drug-likeness (QED) is 0.131. The molecule has 0 saturated heterocycles. The van der Waals surface area contributed by atoms with E-state index in [9.17, 15) is 9.59 Å². The van der Waals surface area contributed by atoms with Crippen molar-refractivity contribution in [3.8, 4) is 5.95 Å². The van der Waals surface area contributed by atoms with Crippen molar-refractivity contribution in [2.24, 2.45) is 23.5 Å². The van der Waals surface area contributed by atoms with Crippen molar-refractivity contribution in [3.63, 3.8) is 0 Å². The lowest BCUT2D eigenvalue weighted by Gasteiger charge is -2.29. The number of Topliss-reactive ketones (excluding diaryl/α,β-unsaturated/α-hetero) is 1. The average Bonchev–Trinajstić information content (AvgIpc) is 3.26. The van der Waals surface area contributed by atoms with Crippen molar-refractivity contribution >= 4 is 11.8 Å². The summed E-state index contributed by atoms with van der Waals surface area (Å²) < 4.78 is 16.7. The third-order valence-electron chi connectivity index (χ3n) is 6.88. The minimum atomic E-state index is -0.711. The van der Waals surface area contributed by atoms with Crippen molar-refractivity contribution < 1.29 is 23.5 Å². The smallest absolute Gasteiger partial charge is 0.314 e. The van der Waals surface area contributed by atoms with Crippen LogP contribution in [0.1, 0.15) is 116 Å². The zero-order valence-electron chi connectivity index (χ0n) is 22.5. The molecule has 6 nitrogen and oxygen atoms in total. The van der Waals surface area contributed by atoms with Gasteiger partial charge in [0.25, 0.3) is 5.95 Å². The van der Waals surface area contributed by atoms with E-state index in [0.717, 1.165) is 18.3 Å². The molecule has 0 bridgehead atoms. The molecule has 196 valence electrons. The minimum Gasteiger partial charge on any atom is -0.465 e. The first kappa shape index (κ1) is 30.2. The Labute approximate surface area is 207 Å². The van der Waals surface area contributed by atoms with E-state index < -0.39 is 17.4 Å². The van der Waals surface area contributed by atoms with Gasteiger partial charge in [0.1, 0.15) is 12.0 Å². The highest BCUT2D eigenvalue weighted by atomic mass is 16.6. The van der Waals surface area contributed by atoms with Gasteiger partial charge in [-0.05, 0) is 43.1 Å². The van der Waals surface area contributed by atoms with E-state index in [4.69, 9.17) is 19.6 Å². The summed E-state index contributed by atoms with van der Waals surface area (Å²) in [4.78, 5) is 24.6. The van der Waals surface area contributed by atoms with Crippen LogP contribution >= 0.6 is 0 Å². The summed E-state index contributed by atoms with van der Waals surface area (Å²) in [5, 5.41) is 0. The highest BCUT2D eigenvalue weighted by Crippen LogP contribution is 2.23. The predicted octanol–water partition coefficient (Wildman–Crippen LogP) is 6.95. The van der Waals surface area contributed by atoms with Crippen molar-refractivity contribution in [3.05, 3.63) is 17.9 Å². The summed E-state index contributed by atoms with van der Waals surface area (Å²) in [5.41, 5.74) is 5.05. The average molecular weight is 480 g/mol. The van der Waals surface area contributed by atoms with Crippen molar-refractivity contribution in [2.75, 3.05) is 13.2 Å². The van der Waals surface area contributed by atoms with Gasteiger partial charge in [-0.25, -0.2) is 0 Å². The van der Waals surface area contributed by atoms with Crippen LogP contribution in [0.5, 0.6) is 5.95 Å². The lowest BCUT2D eigenvalue weighted by Crippen LogP contribution is -2.41. The van der Waals surface area contributed by atoms with Crippen LogP contribution in [-0.4, -0.2) is 30.5 Å². The van der Waals surface area contributed by atoms with Gasteiger partial charge in [-0.2, -0.15) is 0 Å². The molecule has 0 radical (unpaired) electrons. The second kappa shape index (κ2) is 16.0. The lowest BCUT2D eigenvalue weighted by molar-refractivity contribution is -0.158. The maximum atomic E-state index is 12.4. The van der Waals surface area contributed by atoms with Crippen molar-refractivity contribution in [2.45, 2.75) is 111 Å². The Bertz CT molecular complexity index is 699. The van der Waals surface area contributed by atoms with Crippen molar-refractivity contribution in [1.82, 2.24) is 0 Å². The second-order valence-corrected chi connectivity index (χ2v) is 10.4. The van der Waals surface area contributed by atoms with Gasteiger partial charge in [-0.15, -0.1) is 0 Å². The van der Waals surface area contributed by atoms with E-state index >= 15 is 0 Å². The van der Waals surface area contributed by atoms with E-state index in [2.05, 4.69) is 27.7 Å². The zero-order chi connectivity index (χ0) is 25.6. The van der Waals surface area contributed by atoms with Gasteiger partial charge in [0.2, 0.25) is 5.78 Å². The topological polar surface area (TPSA) is 91.8 Å². The molecule has 1 aromatic rings. The first-order chi connectivity index (χ1) is 16.1. The minimum absolute atomic E-state index is 0.109. The second-order valence-electron chi connectivity index (χ2n) is 10.4. The van der Waals surface area contributed by atoms with Gasteiger partial charge >= 0.3 is 5.97 Å². The maximum Gasteiger partial charge on any atom is 0.314 e. The van der Waals surface area contributed by atoms with E-state index in [0.29, 0.717) is 31.3 Å². The van der Waals surface area contributed by atoms with Crippen LogP contribution < -0.4 is 10.5 Å². The summed E-state index contributed by atoms with van der Waals surface area (Å²) >= 11 is 0. The summed E-state index contributed by atoms with van der Waals surface area (Å²) in [7, 11) is 0. The van der Waals surface area contributed by atoms with Crippen molar-refractivity contribution in [1.29, 1.82) is 0 Å². The van der Waals surface area contributed by atoms with E-state index in [1.165, 1.54) is 38.5 Å². The summed E-state index contributed by atoms with van der Waals surface area (Å²) in [6.07, 6.45) is 9.51. The third-order valence-corrected chi connectivity index (χ3v) is 6.88. The van der Waals surface area contributed by atoms with Crippen LogP contribution in [0.2, 0.25) is 0 Å². The van der Waals surface area contributed by atoms with Gasteiger partial charge in [0.15, 0.2) is 5.76 Å². The Morgan fingerprint density at radius 2 is 1.53 bits per heavy atom. The number of carbonyl (C=O) groups excluding carboxylic acids is 2. The lowest BCUT2D eigenvalue weighted by atomic mass is 9.93. The van der Waals surface area contributed by atoms with E-state index in [1.807, 2.05) is 13.8 Å². The Kier molecular flexibility index (Phi) is 14.2. The highest BCUT2D eigenvalue weighted by Gasteiger charge is 2.30. The van der Waals surface area contributed by atoms with Gasteiger partial charge in [0, 0.05) is 12.6 Å². The fourth-order valence-electron chi connectivity index (χ4n) is 4.11. The molecule has 0 aliphatic heterocycles. The van der Waals surface area contributed by atoms with Crippen LogP contribution in [0.15, 0.2) is 16.5 Å². The first-order valence-corrected chi connectivity index (χ1v) is 13.3. The predicted molar refractivity (Wildman–Crippen MR) is 137 cm³/mol. The SMILES string of the molecule is CCC(CC)(CN)OC(=O)CC(=O)c1ccc(OCCC(C)CCCC(C)CCCC(C)C)o1. The normalized spacial score (nSPS) is 13.6. The molecule has 1 aromatic heterocycles. The standard InChI is InChI=1S/C28H49NO5/c1-7-28(8-2,20-29)34-26(31)19-24(30)25-15-16-27(33-25)32-18-17-23(6)14-10-13-22(5)12-9-11-21(3)4/h15-16,21-23H,7-14,17-20,29H2,1-6H3. The largest absolute Gasteiger partial charge is 0.465 e. The fourth-order valence-corrected chi connectivity index (χ4v) is 4.11. The number of hydrogen-bond donors (Lipinski definition) is 1. The molecule has 0 aliphatic carbocycles. The molecular formula is C28H49NO5. The van der Waals surface area contributed by atoms with Crippen LogP contribution in [0.3, 0.4) is 0 Å². The molecule has 0 saturated carbocycles. The molecule has 1 heterocycles. The summed E-state index contributed by atoms with van der Waals surface area (Å²) in [6.45, 7) is 13.8. The molecule has 0 aliphatic rings. The number of rotatable bonds is 19. The number of esters is 1.